The summed E-state index contributed by atoms with van der Waals surface area (Å²) in [6, 6.07) is 0. The molecule has 0 amide bonds. The van der Waals surface area contributed by atoms with E-state index < -0.39 is 28.1 Å². The predicted octanol–water partition coefficient (Wildman–Crippen LogP) is 0.155. The van der Waals surface area contributed by atoms with Crippen molar-refractivity contribution in [2.24, 2.45) is 5.41 Å². The van der Waals surface area contributed by atoms with Gasteiger partial charge in [0.05, 0.1) is 6.61 Å². The number of nitrogens with one attached hydrogen (secondary N) is 1. The van der Waals surface area contributed by atoms with Crippen LogP contribution in [0.25, 0.3) is 0 Å². The number of rotatable bonds is 6. The van der Waals surface area contributed by atoms with Crippen LogP contribution in [0.15, 0.2) is 12.4 Å². The highest BCUT2D eigenvalue weighted by atomic mass is 32.2. The van der Waals surface area contributed by atoms with Crippen molar-refractivity contribution in [2.45, 2.75) is 13.8 Å². The maximum Gasteiger partial charge on any atom is 0.366 e. The van der Waals surface area contributed by atoms with Crippen molar-refractivity contribution in [3.05, 3.63) is 12.4 Å². The number of esters is 1. The SMILES string of the molecule is C=C(F)C(=O)OCC(C)(C)CN[SH](=O)=O. The Morgan fingerprint density at radius 2 is 2.07 bits per heavy atom. The van der Waals surface area contributed by atoms with E-state index in [-0.39, 0.29) is 13.2 Å². The summed E-state index contributed by atoms with van der Waals surface area (Å²) in [6.07, 6.45) is 0. The normalized spacial score (nSPS) is 11.5. The van der Waals surface area contributed by atoms with Crippen molar-refractivity contribution < 1.29 is 22.3 Å². The van der Waals surface area contributed by atoms with Crippen LogP contribution in [0.1, 0.15) is 13.8 Å². The van der Waals surface area contributed by atoms with E-state index in [9.17, 15) is 17.6 Å². The molecule has 0 bridgehead atoms. The van der Waals surface area contributed by atoms with Gasteiger partial charge in [-0.25, -0.2) is 17.9 Å². The molecule has 0 aliphatic heterocycles. The number of ether oxygens (including phenoxy) is 1. The topological polar surface area (TPSA) is 72.5 Å². The average molecular weight is 239 g/mol. The Labute approximate surface area is 89.4 Å². The van der Waals surface area contributed by atoms with Crippen molar-refractivity contribution >= 4 is 16.9 Å². The van der Waals surface area contributed by atoms with E-state index in [1.807, 2.05) is 0 Å². The summed E-state index contributed by atoms with van der Waals surface area (Å²) in [7, 11) is -2.69. The minimum Gasteiger partial charge on any atom is -0.460 e. The van der Waals surface area contributed by atoms with Gasteiger partial charge in [-0.1, -0.05) is 20.4 Å². The Hall–Kier alpha value is -0.950. The molecule has 7 heteroatoms. The first-order chi connectivity index (χ1) is 6.74. The van der Waals surface area contributed by atoms with Crippen LogP contribution in [-0.4, -0.2) is 27.5 Å². The summed E-state index contributed by atoms with van der Waals surface area (Å²) in [5.41, 5.74) is -0.597. The van der Waals surface area contributed by atoms with E-state index in [1.165, 1.54) is 0 Å². The molecule has 0 heterocycles. The molecule has 0 aromatic carbocycles. The van der Waals surface area contributed by atoms with Crippen molar-refractivity contribution in [1.29, 1.82) is 0 Å². The van der Waals surface area contributed by atoms with Crippen LogP contribution in [0.5, 0.6) is 0 Å². The fraction of sp³-hybridized carbons (Fsp3) is 0.625. The zero-order chi connectivity index (χ0) is 12.1. The summed E-state index contributed by atoms with van der Waals surface area (Å²) < 4.78 is 39.4. The molecule has 0 spiro atoms. The van der Waals surface area contributed by atoms with Gasteiger partial charge in [-0.15, -0.1) is 0 Å². The highest BCUT2D eigenvalue weighted by Crippen LogP contribution is 2.14. The lowest BCUT2D eigenvalue weighted by molar-refractivity contribution is -0.143. The number of hydrogen-bond donors (Lipinski definition) is 2. The van der Waals surface area contributed by atoms with E-state index in [4.69, 9.17) is 0 Å². The third-order valence-electron chi connectivity index (χ3n) is 1.50. The maximum atomic E-state index is 12.2. The molecule has 0 saturated carbocycles. The fourth-order valence-electron chi connectivity index (χ4n) is 0.669. The van der Waals surface area contributed by atoms with E-state index in [0.29, 0.717) is 0 Å². The van der Waals surface area contributed by atoms with Gasteiger partial charge in [-0.3, -0.25) is 0 Å². The summed E-state index contributed by atoms with van der Waals surface area (Å²) in [6.45, 7) is 6.14. The molecule has 15 heavy (non-hydrogen) atoms. The Morgan fingerprint density at radius 1 is 1.53 bits per heavy atom. The van der Waals surface area contributed by atoms with Gasteiger partial charge in [0.1, 0.15) is 0 Å². The first-order valence-corrected chi connectivity index (χ1v) is 5.32. The highest BCUT2D eigenvalue weighted by molar-refractivity contribution is 7.70. The molecule has 1 N–H and O–H groups in total. The first kappa shape index (κ1) is 14.1. The Bertz CT molecular complexity index is 317. The van der Waals surface area contributed by atoms with Crippen LogP contribution in [-0.2, 0) is 20.4 Å². The number of hydrogen-bond acceptors (Lipinski definition) is 4. The molecule has 0 unspecified atom stereocenters. The van der Waals surface area contributed by atoms with E-state index in [0.717, 1.165) is 0 Å². The van der Waals surface area contributed by atoms with Crippen LogP contribution in [0.2, 0.25) is 0 Å². The van der Waals surface area contributed by atoms with E-state index in [1.54, 1.807) is 13.8 Å². The smallest absolute Gasteiger partial charge is 0.366 e. The summed E-state index contributed by atoms with van der Waals surface area (Å²) in [5.74, 6) is -2.30. The van der Waals surface area contributed by atoms with Gasteiger partial charge >= 0.3 is 5.97 Å². The summed E-state index contributed by atoms with van der Waals surface area (Å²) in [4.78, 5) is 10.7. The van der Waals surface area contributed by atoms with Gasteiger partial charge in [0.25, 0.3) is 0 Å². The lowest BCUT2D eigenvalue weighted by atomic mass is 9.95. The number of thiol groups is 1. The molecule has 5 nitrogen and oxygen atoms in total. The van der Waals surface area contributed by atoms with Crippen LogP contribution < -0.4 is 4.72 Å². The molecule has 0 atom stereocenters. The molecule has 0 aromatic rings. The van der Waals surface area contributed by atoms with E-state index >= 15 is 0 Å². The third-order valence-corrected chi connectivity index (χ3v) is 1.92. The fourth-order valence-corrected chi connectivity index (χ4v) is 1.23. The quantitative estimate of drug-likeness (QED) is 0.393. The number of carbonyl (C=O) groups excluding carboxylic acids is 1. The Morgan fingerprint density at radius 3 is 2.47 bits per heavy atom. The summed E-state index contributed by atoms with van der Waals surface area (Å²) in [5, 5.41) is 0. The van der Waals surface area contributed by atoms with Gasteiger partial charge in [0.15, 0.2) is 0 Å². The second-order valence-electron chi connectivity index (χ2n) is 3.74. The van der Waals surface area contributed by atoms with Crippen molar-refractivity contribution in [3.8, 4) is 0 Å². The molecular formula is C8H14FNO4S. The lowest BCUT2D eigenvalue weighted by Gasteiger charge is -2.22. The second kappa shape index (κ2) is 5.82. The Balaban J connectivity index is 4.03. The zero-order valence-electron chi connectivity index (χ0n) is 8.58. The molecule has 0 rings (SSSR count). The standard InChI is InChI=1S/C8H14FNO4S/c1-6(9)7(11)14-5-8(2,3)4-10-15(12)13/h15H,1,4-5H2,2-3H3,(H,10,12,13). The molecule has 0 aliphatic carbocycles. The summed E-state index contributed by atoms with van der Waals surface area (Å²) >= 11 is 0. The number of halogens is 1. The van der Waals surface area contributed by atoms with Gasteiger partial charge in [-0.05, 0) is 0 Å². The third kappa shape index (κ3) is 7.03. The molecule has 0 aliphatic rings. The first-order valence-electron chi connectivity index (χ1n) is 4.14. The minimum atomic E-state index is -2.69. The van der Waals surface area contributed by atoms with Crippen molar-refractivity contribution in [3.63, 3.8) is 0 Å². The molecule has 0 fully saturated rings. The van der Waals surface area contributed by atoms with Crippen LogP contribution >= 0.6 is 0 Å². The van der Waals surface area contributed by atoms with Crippen LogP contribution in [0.4, 0.5) is 4.39 Å². The monoisotopic (exact) mass is 239 g/mol. The zero-order valence-corrected chi connectivity index (χ0v) is 9.47. The molecular weight excluding hydrogens is 225 g/mol. The van der Waals surface area contributed by atoms with Gasteiger partial charge < -0.3 is 4.74 Å². The molecule has 0 aromatic heterocycles. The predicted molar refractivity (Wildman–Crippen MR) is 53.3 cm³/mol. The molecule has 88 valence electrons. The van der Waals surface area contributed by atoms with Gasteiger partial charge in [0, 0.05) is 12.0 Å². The molecule has 0 saturated heterocycles. The average Bonchev–Trinajstić information content (AvgIpc) is 2.11. The number of carbonyl (C=O) groups is 1. The molecule has 0 radical (unpaired) electrons. The van der Waals surface area contributed by atoms with Crippen LogP contribution in [0.3, 0.4) is 0 Å². The second-order valence-corrected chi connectivity index (χ2v) is 4.57. The van der Waals surface area contributed by atoms with Gasteiger partial charge in [0.2, 0.25) is 16.7 Å². The van der Waals surface area contributed by atoms with Crippen molar-refractivity contribution in [1.82, 2.24) is 4.72 Å². The van der Waals surface area contributed by atoms with Crippen LogP contribution in [0, 0.1) is 5.41 Å². The van der Waals surface area contributed by atoms with Gasteiger partial charge in [-0.2, -0.15) is 4.39 Å². The minimum absolute atomic E-state index is 0.0923. The lowest BCUT2D eigenvalue weighted by Crippen LogP contribution is -2.33. The highest BCUT2D eigenvalue weighted by Gasteiger charge is 2.21. The Kier molecular flexibility index (Phi) is 5.45. The van der Waals surface area contributed by atoms with E-state index in [2.05, 4.69) is 16.0 Å². The van der Waals surface area contributed by atoms with Crippen molar-refractivity contribution in [2.75, 3.05) is 13.2 Å². The maximum absolute atomic E-state index is 12.2. The largest absolute Gasteiger partial charge is 0.460 e.